The Hall–Kier alpha value is -0.800. The number of aromatic nitrogens is 1. The molecule has 0 amide bonds. The molecule has 1 aromatic heterocycles. The number of aryl methyl sites for hydroxylation is 1. The molecule has 3 heteroatoms. The summed E-state index contributed by atoms with van der Waals surface area (Å²) in [7, 11) is 0. The van der Waals surface area contributed by atoms with Gasteiger partial charge in [0.05, 0.1) is 18.2 Å². The van der Waals surface area contributed by atoms with Gasteiger partial charge in [-0.1, -0.05) is 13.8 Å². The Morgan fingerprint density at radius 2 is 2.16 bits per heavy atom. The first-order valence-electron chi connectivity index (χ1n) is 7.39. The van der Waals surface area contributed by atoms with Crippen molar-refractivity contribution in [1.29, 1.82) is 0 Å². The molecule has 1 aliphatic heterocycles. The summed E-state index contributed by atoms with van der Waals surface area (Å²) in [6, 6.07) is 2.62. The minimum Gasteiger partial charge on any atom is -0.388 e. The summed E-state index contributed by atoms with van der Waals surface area (Å²) in [5.41, 5.74) is 3.93. The number of hydrogen-bond donors (Lipinski definition) is 1. The van der Waals surface area contributed by atoms with E-state index in [0.29, 0.717) is 6.04 Å². The van der Waals surface area contributed by atoms with Gasteiger partial charge in [0.25, 0.3) is 0 Å². The molecular formula is C16H25NO2. The Bertz CT molecular complexity index is 489. The van der Waals surface area contributed by atoms with Gasteiger partial charge < -0.3 is 14.4 Å². The van der Waals surface area contributed by atoms with Crippen molar-refractivity contribution in [1.82, 2.24) is 4.57 Å². The van der Waals surface area contributed by atoms with Crippen molar-refractivity contribution in [2.24, 2.45) is 5.41 Å². The monoisotopic (exact) mass is 263 g/mol. The highest BCUT2D eigenvalue weighted by molar-refractivity contribution is 5.34. The smallest absolute Gasteiger partial charge is 0.0812 e. The molecule has 1 N–H and O–H groups in total. The van der Waals surface area contributed by atoms with E-state index in [0.717, 1.165) is 31.4 Å². The van der Waals surface area contributed by atoms with Gasteiger partial charge in [-0.25, -0.2) is 0 Å². The first kappa shape index (κ1) is 13.2. The number of aliphatic hydroxyl groups is 1. The third-order valence-corrected chi connectivity index (χ3v) is 4.79. The van der Waals surface area contributed by atoms with Crippen LogP contribution in [0.4, 0.5) is 0 Å². The van der Waals surface area contributed by atoms with Gasteiger partial charge in [-0.15, -0.1) is 0 Å². The molecule has 2 aliphatic rings. The average molecular weight is 263 g/mol. The molecule has 0 radical (unpaired) electrons. The van der Waals surface area contributed by atoms with Crippen LogP contribution in [-0.2, 0) is 11.2 Å². The van der Waals surface area contributed by atoms with Crippen molar-refractivity contribution in [3.8, 4) is 0 Å². The molecular weight excluding hydrogens is 238 g/mol. The Morgan fingerprint density at radius 3 is 2.79 bits per heavy atom. The highest BCUT2D eigenvalue weighted by Gasteiger charge is 2.37. The number of nitrogens with zero attached hydrogens (tertiary/aromatic N) is 1. The van der Waals surface area contributed by atoms with E-state index in [2.05, 4.69) is 38.3 Å². The normalized spacial score (nSPS) is 33.4. The second-order valence-corrected chi connectivity index (χ2v) is 7.05. The van der Waals surface area contributed by atoms with Crippen molar-refractivity contribution in [2.45, 2.75) is 65.2 Å². The van der Waals surface area contributed by atoms with Crippen LogP contribution in [0.5, 0.6) is 0 Å². The zero-order valence-corrected chi connectivity index (χ0v) is 12.4. The van der Waals surface area contributed by atoms with E-state index in [-0.39, 0.29) is 17.6 Å². The fraction of sp³-hybridized carbons (Fsp3) is 0.750. The van der Waals surface area contributed by atoms with E-state index in [1.54, 1.807) is 0 Å². The average Bonchev–Trinajstić information content (AvgIpc) is 2.81. The Morgan fingerprint density at radius 1 is 1.42 bits per heavy atom. The first-order chi connectivity index (χ1) is 8.89. The van der Waals surface area contributed by atoms with Crippen LogP contribution in [0.2, 0.25) is 0 Å². The number of aliphatic hydroxyl groups excluding tert-OH is 1. The molecule has 1 aromatic rings. The maximum Gasteiger partial charge on any atom is 0.0812 e. The quantitative estimate of drug-likeness (QED) is 0.844. The predicted octanol–water partition coefficient (Wildman–Crippen LogP) is 3.15. The summed E-state index contributed by atoms with van der Waals surface area (Å²) < 4.78 is 8.17. The minimum atomic E-state index is -0.309. The summed E-state index contributed by atoms with van der Waals surface area (Å²) in [5, 5.41) is 10.4. The lowest BCUT2D eigenvalue weighted by Gasteiger charge is -2.35. The summed E-state index contributed by atoms with van der Waals surface area (Å²) in [5.74, 6) is 0. The third-order valence-electron chi connectivity index (χ3n) is 4.79. The van der Waals surface area contributed by atoms with Crippen molar-refractivity contribution in [3.05, 3.63) is 23.0 Å². The van der Waals surface area contributed by atoms with Gasteiger partial charge in [0.1, 0.15) is 0 Å². The number of rotatable bonds is 1. The van der Waals surface area contributed by atoms with Crippen LogP contribution in [0.1, 0.15) is 62.7 Å². The molecule has 2 heterocycles. The van der Waals surface area contributed by atoms with Gasteiger partial charge in [0.15, 0.2) is 0 Å². The van der Waals surface area contributed by atoms with Crippen LogP contribution in [-0.4, -0.2) is 22.4 Å². The van der Waals surface area contributed by atoms with E-state index in [9.17, 15) is 5.11 Å². The van der Waals surface area contributed by atoms with Gasteiger partial charge in [0, 0.05) is 23.6 Å². The van der Waals surface area contributed by atoms with Crippen molar-refractivity contribution in [2.75, 3.05) is 6.61 Å². The van der Waals surface area contributed by atoms with E-state index >= 15 is 0 Å². The molecule has 3 nitrogen and oxygen atoms in total. The van der Waals surface area contributed by atoms with E-state index in [1.807, 2.05) is 0 Å². The second-order valence-electron chi connectivity index (χ2n) is 7.05. The minimum absolute atomic E-state index is 0.178. The van der Waals surface area contributed by atoms with E-state index in [4.69, 9.17) is 4.74 Å². The lowest BCUT2D eigenvalue weighted by atomic mass is 9.75. The zero-order chi connectivity index (χ0) is 13.8. The molecule has 1 fully saturated rings. The maximum atomic E-state index is 10.4. The fourth-order valence-corrected chi connectivity index (χ4v) is 3.89. The van der Waals surface area contributed by atoms with Crippen molar-refractivity contribution >= 4 is 0 Å². The summed E-state index contributed by atoms with van der Waals surface area (Å²) >= 11 is 0. The van der Waals surface area contributed by atoms with E-state index in [1.165, 1.54) is 11.4 Å². The number of hydrogen-bond acceptors (Lipinski definition) is 2. The molecule has 0 spiro atoms. The highest BCUT2D eigenvalue weighted by Crippen LogP contribution is 2.44. The number of fused-ring (bicyclic) bond motifs is 1. The maximum absolute atomic E-state index is 10.4. The van der Waals surface area contributed by atoms with Crippen LogP contribution >= 0.6 is 0 Å². The molecule has 106 valence electrons. The Labute approximate surface area is 115 Å². The lowest BCUT2D eigenvalue weighted by Crippen LogP contribution is -2.29. The van der Waals surface area contributed by atoms with Crippen LogP contribution in [0.25, 0.3) is 0 Å². The zero-order valence-electron chi connectivity index (χ0n) is 12.4. The fourth-order valence-electron chi connectivity index (χ4n) is 3.89. The van der Waals surface area contributed by atoms with E-state index < -0.39 is 0 Å². The molecule has 0 bridgehead atoms. The molecule has 1 aliphatic carbocycles. The van der Waals surface area contributed by atoms with Crippen molar-refractivity contribution in [3.63, 3.8) is 0 Å². The van der Waals surface area contributed by atoms with Crippen LogP contribution in [0.3, 0.4) is 0 Å². The summed E-state index contributed by atoms with van der Waals surface area (Å²) in [4.78, 5) is 0. The second kappa shape index (κ2) is 4.35. The summed E-state index contributed by atoms with van der Waals surface area (Å²) in [6.07, 6.45) is 2.96. The number of ether oxygens (including phenoxy) is 1. The molecule has 3 atom stereocenters. The van der Waals surface area contributed by atoms with Gasteiger partial charge in [-0.05, 0) is 44.6 Å². The topological polar surface area (TPSA) is 34.4 Å². The van der Waals surface area contributed by atoms with Gasteiger partial charge >= 0.3 is 0 Å². The molecule has 1 saturated heterocycles. The molecule has 19 heavy (non-hydrogen) atoms. The summed E-state index contributed by atoms with van der Waals surface area (Å²) in [6.45, 7) is 9.67. The Balaban J connectivity index is 2.07. The Kier molecular flexibility index (Phi) is 3.02. The molecule has 3 unspecified atom stereocenters. The van der Waals surface area contributed by atoms with Gasteiger partial charge in [-0.3, -0.25) is 0 Å². The highest BCUT2D eigenvalue weighted by atomic mass is 16.5. The van der Waals surface area contributed by atoms with Crippen molar-refractivity contribution < 1.29 is 9.84 Å². The van der Waals surface area contributed by atoms with Crippen LogP contribution < -0.4 is 0 Å². The van der Waals surface area contributed by atoms with Gasteiger partial charge in [0.2, 0.25) is 0 Å². The van der Waals surface area contributed by atoms with Gasteiger partial charge in [-0.2, -0.15) is 0 Å². The van der Waals surface area contributed by atoms with Crippen LogP contribution in [0.15, 0.2) is 6.07 Å². The SMILES string of the molecule is Cc1cc2c(n1C1CCOC1C)CC(C)(C)CC2O. The molecule has 0 saturated carbocycles. The predicted molar refractivity (Wildman–Crippen MR) is 75.3 cm³/mol. The third kappa shape index (κ3) is 2.13. The first-order valence-corrected chi connectivity index (χ1v) is 7.39. The lowest BCUT2D eigenvalue weighted by molar-refractivity contribution is 0.0917. The molecule has 0 aromatic carbocycles. The molecule has 3 rings (SSSR count). The van der Waals surface area contributed by atoms with Crippen LogP contribution in [0, 0.1) is 12.3 Å². The standard InChI is InChI=1S/C16H25NO2/c1-10-7-12-14(8-16(3,4)9-15(12)18)17(10)13-5-6-19-11(13)2/h7,11,13,15,18H,5-6,8-9H2,1-4H3. The largest absolute Gasteiger partial charge is 0.388 e.